The summed E-state index contributed by atoms with van der Waals surface area (Å²) in [5.41, 5.74) is 4.25. The number of non-ortho nitro benzene ring substituents is 1. The third kappa shape index (κ3) is 5.10. The van der Waals surface area contributed by atoms with Gasteiger partial charge in [0.25, 0.3) is 5.69 Å². The van der Waals surface area contributed by atoms with E-state index in [4.69, 9.17) is 0 Å². The van der Waals surface area contributed by atoms with Crippen molar-refractivity contribution in [1.82, 2.24) is 0 Å². The molecule has 29 heavy (non-hydrogen) atoms. The van der Waals surface area contributed by atoms with Crippen LogP contribution in [0.5, 0.6) is 0 Å². The topological polar surface area (TPSA) is 111 Å². The number of hydrazone groups is 1. The Morgan fingerprint density at radius 1 is 0.862 bits per heavy atom. The van der Waals surface area contributed by atoms with E-state index in [2.05, 4.69) is 10.5 Å². The molecule has 0 unspecified atom stereocenters. The van der Waals surface area contributed by atoms with Crippen molar-refractivity contribution >= 4 is 28.8 Å². The molecule has 0 atom stereocenters. The first-order valence-electron chi connectivity index (χ1n) is 8.59. The van der Waals surface area contributed by atoms with Crippen molar-refractivity contribution < 1.29 is 9.85 Å². The van der Waals surface area contributed by atoms with Gasteiger partial charge in [0.15, 0.2) is 0 Å². The van der Waals surface area contributed by atoms with E-state index < -0.39 is 15.5 Å². The van der Waals surface area contributed by atoms with Crippen LogP contribution >= 0.6 is 0 Å². The molecule has 0 radical (unpaired) electrons. The Balaban J connectivity index is 1.96. The number of nitro groups is 2. The van der Waals surface area contributed by atoms with Gasteiger partial charge in [0.1, 0.15) is 5.69 Å². The largest absolute Gasteiger partial charge is 0.301 e. The van der Waals surface area contributed by atoms with E-state index in [1.54, 1.807) is 6.08 Å². The van der Waals surface area contributed by atoms with Gasteiger partial charge in [0.2, 0.25) is 0 Å². The zero-order valence-electron chi connectivity index (χ0n) is 15.1. The van der Waals surface area contributed by atoms with E-state index in [1.807, 2.05) is 66.7 Å². The minimum absolute atomic E-state index is 0.0575. The molecule has 0 amide bonds. The Labute approximate surface area is 166 Å². The number of benzene rings is 3. The molecule has 0 saturated carbocycles. The highest BCUT2D eigenvalue weighted by Gasteiger charge is 2.19. The van der Waals surface area contributed by atoms with Crippen molar-refractivity contribution in [2.45, 2.75) is 0 Å². The number of nitrogens with zero attached hydrogens (tertiary/aromatic N) is 3. The number of nitrogens with one attached hydrogen (secondary N) is 1. The number of hydrogen-bond donors (Lipinski definition) is 1. The maximum atomic E-state index is 11.3. The molecule has 0 aromatic heterocycles. The molecule has 0 aliphatic rings. The minimum atomic E-state index is -0.688. The first-order valence-corrected chi connectivity index (χ1v) is 8.59. The van der Waals surface area contributed by atoms with E-state index in [9.17, 15) is 20.2 Å². The van der Waals surface area contributed by atoms with E-state index in [-0.39, 0.29) is 11.4 Å². The van der Waals surface area contributed by atoms with Gasteiger partial charge in [-0.2, -0.15) is 5.10 Å². The van der Waals surface area contributed by atoms with Crippen molar-refractivity contribution in [2.24, 2.45) is 5.10 Å². The van der Waals surface area contributed by atoms with Crippen LogP contribution in [0.3, 0.4) is 0 Å². The number of rotatable bonds is 7. The molecular weight excluding hydrogens is 372 g/mol. The number of allylic oxidation sites excluding steroid dienone is 1. The second-order valence-corrected chi connectivity index (χ2v) is 5.93. The molecule has 0 heterocycles. The summed E-state index contributed by atoms with van der Waals surface area (Å²) in [5, 5.41) is 26.5. The van der Waals surface area contributed by atoms with Gasteiger partial charge < -0.3 is 0 Å². The van der Waals surface area contributed by atoms with E-state index in [0.29, 0.717) is 5.71 Å². The fourth-order valence-corrected chi connectivity index (χ4v) is 2.55. The van der Waals surface area contributed by atoms with Gasteiger partial charge in [-0.15, -0.1) is 0 Å². The number of hydrogen-bond acceptors (Lipinski definition) is 6. The van der Waals surface area contributed by atoms with Crippen molar-refractivity contribution in [3.8, 4) is 0 Å². The summed E-state index contributed by atoms with van der Waals surface area (Å²) >= 11 is 0. The zero-order valence-corrected chi connectivity index (χ0v) is 15.1. The Morgan fingerprint density at radius 3 is 2.14 bits per heavy atom. The Bertz CT molecular complexity index is 1080. The molecule has 0 aliphatic heterocycles. The molecule has 144 valence electrons. The normalized spacial score (nSPS) is 11.4. The van der Waals surface area contributed by atoms with Crippen LogP contribution in [0.15, 0.2) is 90.0 Å². The molecular formula is C21H16N4O4. The van der Waals surface area contributed by atoms with Crippen LogP contribution in [0.25, 0.3) is 6.08 Å². The predicted octanol–water partition coefficient (Wildman–Crippen LogP) is 5.03. The summed E-state index contributed by atoms with van der Waals surface area (Å²) < 4.78 is 0. The maximum Gasteiger partial charge on any atom is 0.301 e. The number of nitro benzene ring substituents is 2. The van der Waals surface area contributed by atoms with Crippen LogP contribution in [0.2, 0.25) is 0 Å². The Hall–Kier alpha value is -4.33. The smallest absolute Gasteiger partial charge is 0.271 e. The Kier molecular flexibility index (Phi) is 6.06. The van der Waals surface area contributed by atoms with Gasteiger partial charge in [-0.25, -0.2) is 0 Å². The first kappa shape index (κ1) is 19.4. The summed E-state index contributed by atoms with van der Waals surface area (Å²) in [4.78, 5) is 20.8. The Morgan fingerprint density at radius 2 is 1.52 bits per heavy atom. The lowest BCUT2D eigenvalue weighted by Gasteiger charge is -2.05. The maximum absolute atomic E-state index is 11.3. The van der Waals surface area contributed by atoms with Gasteiger partial charge in [-0.3, -0.25) is 25.7 Å². The van der Waals surface area contributed by atoms with Crippen molar-refractivity contribution in [3.63, 3.8) is 0 Å². The van der Waals surface area contributed by atoms with Crippen LogP contribution in [0.1, 0.15) is 11.1 Å². The third-order valence-corrected chi connectivity index (χ3v) is 3.99. The molecule has 3 aromatic rings. The molecule has 3 aromatic carbocycles. The summed E-state index contributed by atoms with van der Waals surface area (Å²) in [6.07, 6.45) is 3.66. The SMILES string of the molecule is O=[N+]([O-])c1ccc(N/N=C(\C=C\c2ccccc2)c2ccccc2)c([N+](=O)[O-])c1. The quantitative estimate of drug-likeness (QED) is 0.346. The molecule has 0 spiro atoms. The molecule has 0 bridgehead atoms. The lowest BCUT2D eigenvalue weighted by atomic mass is 10.1. The van der Waals surface area contributed by atoms with Gasteiger partial charge in [-0.1, -0.05) is 66.7 Å². The predicted molar refractivity (Wildman–Crippen MR) is 112 cm³/mol. The number of anilines is 1. The van der Waals surface area contributed by atoms with Crippen LogP contribution in [-0.2, 0) is 0 Å². The van der Waals surface area contributed by atoms with Crippen LogP contribution < -0.4 is 5.43 Å². The standard InChI is InChI=1S/C21H16N4O4/c26-24(27)18-12-14-20(21(15-18)25(28)29)23-22-19(17-9-5-2-6-10-17)13-11-16-7-3-1-4-8-16/h1-15,23H/b13-11+,22-19+. The average Bonchev–Trinajstić information content (AvgIpc) is 2.75. The fraction of sp³-hybridized carbons (Fsp3) is 0. The molecule has 0 fully saturated rings. The van der Waals surface area contributed by atoms with Crippen LogP contribution in [0, 0.1) is 20.2 Å². The van der Waals surface area contributed by atoms with Crippen LogP contribution in [-0.4, -0.2) is 15.6 Å². The van der Waals surface area contributed by atoms with Crippen molar-refractivity contribution in [2.75, 3.05) is 5.43 Å². The summed E-state index contributed by atoms with van der Waals surface area (Å²) in [5.74, 6) is 0. The highest BCUT2D eigenvalue weighted by Crippen LogP contribution is 2.29. The second kappa shape index (κ2) is 9.05. The zero-order chi connectivity index (χ0) is 20.6. The molecule has 0 saturated heterocycles. The summed E-state index contributed by atoms with van der Waals surface area (Å²) in [6, 6.07) is 22.3. The van der Waals surface area contributed by atoms with Gasteiger partial charge in [-0.05, 0) is 17.7 Å². The fourth-order valence-electron chi connectivity index (χ4n) is 2.55. The van der Waals surface area contributed by atoms with Gasteiger partial charge in [0, 0.05) is 11.6 Å². The van der Waals surface area contributed by atoms with Gasteiger partial charge >= 0.3 is 5.69 Å². The lowest BCUT2D eigenvalue weighted by Crippen LogP contribution is -2.03. The van der Waals surface area contributed by atoms with Gasteiger partial charge in [0.05, 0.1) is 21.6 Å². The van der Waals surface area contributed by atoms with E-state index in [1.165, 1.54) is 12.1 Å². The van der Waals surface area contributed by atoms with E-state index >= 15 is 0 Å². The first-order chi connectivity index (χ1) is 14.0. The second-order valence-electron chi connectivity index (χ2n) is 5.93. The summed E-state index contributed by atoms with van der Waals surface area (Å²) in [6.45, 7) is 0. The molecule has 8 heteroatoms. The third-order valence-electron chi connectivity index (χ3n) is 3.99. The highest BCUT2D eigenvalue weighted by molar-refractivity contribution is 6.11. The van der Waals surface area contributed by atoms with Crippen molar-refractivity contribution in [3.05, 3.63) is 116 Å². The average molecular weight is 388 g/mol. The van der Waals surface area contributed by atoms with E-state index in [0.717, 1.165) is 17.2 Å². The minimum Gasteiger partial charge on any atom is -0.271 e. The lowest BCUT2D eigenvalue weighted by molar-refractivity contribution is -0.393. The monoisotopic (exact) mass is 388 g/mol. The highest BCUT2D eigenvalue weighted by atomic mass is 16.6. The molecule has 8 nitrogen and oxygen atoms in total. The molecule has 3 rings (SSSR count). The van der Waals surface area contributed by atoms with Crippen molar-refractivity contribution in [1.29, 1.82) is 0 Å². The molecule has 0 aliphatic carbocycles. The molecule has 1 N–H and O–H groups in total. The summed E-state index contributed by atoms with van der Waals surface area (Å²) in [7, 11) is 0. The van der Waals surface area contributed by atoms with Crippen LogP contribution in [0.4, 0.5) is 17.1 Å².